The Balaban J connectivity index is 2.42. The molecule has 0 aliphatic heterocycles. The third-order valence-corrected chi connectivity index (χ3v) is 3.99. The molecule has 0 spiro atoms. The summed E-state index contributed by atoms with van der Waals surface area (Å²) in [6, 6.07) is 11.0. The van der Waals surface area contributed by atoms with Crippen LogP contribution in [0.3, 0.4) is 0 Å². The van der Waals surface area contributed by atoms with Crippen molar-refractivity contribution in [2.24, 2.45) is 0 Å². The molecule has 1 atom stereocenters. The highest BCUT2D eigenvalue weighted by Crippen LogP contribution is 2.29. The van der Waals surface area contributed by atoms with Crippen LogP contribution in [-0.4, -0.2) is 11.1 Å². The summed E-state index contributed by atoms with van der Waals surface area (Å²) in [6.45, 7) is 0. The maximum Gasteiger partial charge on any atom is 0.303 e. The molecule has 6 heteroatoms. The van der Waals surface area contributed by atoms with Crippen LogP contribution in [0.4, 0.5) is 8.78 Å². The van der Waals surface area contributed by atoms with Crippen LogP contribution in [-0.2, 0) is 11.2 Å². The van der Waals surface area contributed by atoms with Crippen molar-refractivity contribution in [2.45, 2.75) is 18.8 Å². The second kappa shape index (κ2) is 7.34. The SMILES string of the molecule is N#Cc1c(CC(CC(=O)O)c2cccc(Br)c2)ccc(F)c1F. The Morgan fingerprint density at radius 2 is 2.04 bits per heavy atom. The van der Waals surface area contributed by atoms with Gasteiger partial charge in [0.1, 0.15) is 6.07 Å². The summed E-state index contributed by atoms with van der Waals surface area (Å²) in [7, 11) is 0. The molecule has 2 aromatic rings. The van der Waals surface area contributed by atoms with Gasteiger partial charge in [-0.3, -0.25) is 4.79 Å². The van der Waals surface area contributed by atoms with Crippen LogP contribution in [0.5, 0.6) is 0 Å². The summed E-state index contributed by atoms with van der Waals surface area (Å²) in [5.74, 6) is -3.76. The number of hydrogen-bond acceptors (Lipinski definition) is 2. The highest BCUT2D eigenvalue weighted by Gasteiger charge is 2.21. The fraction of sp³-hybridized carbons (Fsp3) is 0.176. The van der Waals surface area contributed by atoms with Crippen LogP contribution in [0.25, 0.3) is 0 Å². The summed E-state index contributed by atoms with van der Waals surface area (Å²) in [6.07, 6.45) is -0.0524. The van der Waals surface area contributed by atoms with Gasteiger partial charge < -0.3 is 5.11 Å². The molecule has 0 fully saturated rings. The molecule has 3 nitrogen and oxygen atoms in total. The average Bonchev–Trinajstić information content (AvgIpc) is 2.50. The van der Waals surface area contributed by atoms with E-state index >= 15 is 0 Å². The number of benzene rings is 2. The van der Waals surface area contributed by atoms with Crippen LogP contribution in [0.1, 0.15) is 29.0 Å². The third kappa shape index (κ3) is 4.14. The van der Waals surface area contributed by atoms with Gasteiger partial charge in [0.25, 0.3) is 0 Å². The minimum absolute atomic E-state index is 0.128. The van der Waals surface area contributed by atoms with E-state index in [0.29, 0.717) is 0 Å². The Hall–Kier alpha value is -2.26. The second-order valence-corrected chi connectivity index (χ2v) is 5.98. The molecular weight excluding hydrogens is 368 g/mol. The van der Waals surface area contributed by atoms with Gasteiger partial charge >= 0.3 is 5.97 Å². The van der Waals surface area contributed by atoms with E-state index in [1.165, 1.54) is 6.07 Å². The van der Waals surface area contributed by atoms with E-state index in [1.54, 1.807) is 30.3 Å². The molecule has 1 N–H and O–H groups in total. The van der Waals surface area contributed by atoms with Crippen molar-refractivity contribution in [2.75, 3.05) is 0 Å². The van der Waals surface area contributed by atoms with Gasteiger partial charge in [0.15, 0.2) is 11.6 Å². The summed E-state index contributed by atoms with van der Waals surface area (Å²) >= 11 is 3.32. The van der Waals surface area contributed by atoms with Crippen molar-refractivity contribution in [3.63, 3.8) is 0 Å². The third-order valence-electron chi connectivity index (χ3n) is 3.50. The maximum atomic E-state index is 13.7. The average molecular weight is 380 g/mol. The van der Waals surface area contributed by atoms with E-state index < -0.39 is 23.5 Å². The minimum atomic E-state index is -1.20. The molecule has 0 bridgehead atoms. The molecule has 2 rings (SSSR count). The van der Waals surface area contributed by atoms with Gasteiger partial charge in [0, 0.05) is 4.47 Å². The summed E-state index contributed by atoms with van der Waals surface area (Å²) in [4.78, 5) is 11.1. The molecule has 0 aromatic heterocycles. The maximum absolute atomic E-state index is 13.7. The number of rotatable bonds is 5. The standard InChI is InChI=1S/C17H12BrF2NO2/c18-13-3-1-2-10(7-13)12(8-16(22)23)6-11-4-5-15(19)17(20)14(11)9-21/h1-5,7,12H,6,8H2,(H,22,23). The number of carboxylic acid groups (broad SMARTS) is 1. The van der Waals surface area contributed by atoms with Crippen LogP contribution >= 0.6 is 15.9 Å². The first-order valence-corrected chi connectivity index (χ1v) is 7.56. The Morgan fingerprint density at radius 1 is 1.30 bits per heavy atom. The van der Waals surface area contributed by atoms with Crippen LogP contribution < -0.4 is 0 Å². The van der Waals surface area contributed by atoms with Crippen molar-refractivity contribution in [1.82, 2.24) is 0 Å². The molecule has 118 valence electrons. The van der Waals surface area contributed by atoms with E-state index in [1.807, 2.05) is 0 Å². The highest BCUT2D eigenvalue weighted by atomic mass is 79.9. The fourth-order valence-corrected chi connectivity index (χ4v) is 2.84. The lowest BCUT2D eigenvalue weighted by molar-refractivity contribution is -0.137. The monoisotopic (exact) mass is 379 g/mol. The number of carbonyl (C=O) groups is 1. The van der Waals surface area contributed by atoms with Crippen molar-refractivity contribution >= 4 is 21.9 Å². The highest BCUT2D eigenvalue weighted by molar-refractivity contribution is 9.10. The van der Waals surface area contributed by atoms with E-state index in [-0.39, 0.29) is 24.0 Å². The molecule has 0 aliphatic carbocycles. The van der Waals surface area contributed by atoms with Crippen molar-refractivity contribution in [1.29, 1.82) is 5.26 Å². The van der Waals surface area contributed by atoms with Crippen LogP contribution in [0.2, 0.25) is 0 Å². The lowest BCUT2D eigenvalue weighted by Crippen LogP contribution is -2.11. The van der Waals surface area contributed by atoms with Gasteiger partial charge in [-0.1, -0.05) is 34.1 Å². The molecule has 1 unspecified atom stereocenters. The molecule has 2 aromatic carbocycles. The predicted molar refractivity (Wildman–Crippen MR) is 83.9 cm³/mol. The van der Waals surface area contributed by atoms with Gasteiger partial charge in [-0.05, 0) is 41.7 Å². The Morgan fingerprint density at radius 3 is 2.65 bits per heavy atom. The van der Waals surface area contributed by atoms with Gasteiger partial charge in [-0.15, -0.1) is 0 Å². The van der Waals surface area contributed by atoms with E-state index in [0.717, 1.165) is 16.1 Å². The van der Waals surface area contributed by atoms with Crippen LogP contribution in [0, 0.1) is 23.0 Å². The number of nitriles is 1. The molecule has 0 amide bonds. The Labute approximate surface area is 140 Å². The number of aliphatic carboxylic acids is 1. The quantitative estimate of drug-likeness (QED) is 0.837. The van der Waals surface area contributed by atoms with Crippen molar-refractivity contribution in [3.05, 3.63) is 69.2 Å². The minimum Gasteiger partial charge on any atom is -0.481 e. The lowest BCUT2D eigenvalue weighted by atomic mass is 9.87. The summed E-state index contributed by atoms with van der Waals surface area (Å²) in [5.41, 5.74) is 0.656. The Bertz CT molecular complexity index is 787. The van der Waals surface area contributed by atoms with Gasteiger partial charge in [-0.2, -0.15) is 5.26 Å². The first kappa shape index (κ1) is 17.1. The molecule has 0 saturated heterocycles. The fourth-order valence-electron chi connectivity index (χ4n) is 2.43. The van der Waals surface area contributed by atoms with E-state index in [2.05, 4.69) is 15.9 Å². The largest absolute Gasteiger partial charge is 0.481 e. The number of halogens is 3. The van der Waals surface area contributed by atoms with Crippen molar-refractivity contribution < 1.29 is 18.7 Å². The number of carboxylic acids is 1. The van der Waals surface area contributed by atoms with Gasteiger partial charge in [0.05, 0.1) is 12.0 Å². The second-order valence-electron chi connectivity index (χ2n) is 5.06. The summed E-state index contributed by atoms with van der Waals surface area (Å²) in [5, 5.41) is 18.2. The molecule has 23 heavy (non-hydrogen) atoms. The zero-order valence-electron chi connectivity index (χ0n) is 11.9. The topological polar surface area (TPSA) is 61.1 Å². The van der Waals surface area contributed by atoms with E-state index in [4.69, 9.17) is 10.4 Å². The van der Waals surface area contributed by atoms with Gasteiger partial charge in [-0.25, -0.2) is 8.78 Å². The van der Waals surface area contributed by atoms with Crippen molar-refractivity contribution in [3.8, 4) is 6.07 Å². The Kier molecular flexibility index (Phi) is 5.45. The van der Waals surface area contributed by atoms with Crippen LogP contribution in [0.15, 0.2) is 40.9 Å². The first-order chi connectivity index (χ1) is 10.9. The molecule has 0 heterocycles. The van der Waals surface area contributed by atoms with E-state index in [9.17, 15) is 13.6 Å². The predicted octanol–water partition coefficient (Wildman–Crippen LogP) is 4.40. The normalized spacial score (nSPS) is 11.7. The zero-order chi connectivity index (χ0) is 17.0. The zero-order valence-corrected chi connectivity index (χ0v) is 13.5. The molecule has 0 radical (unpaired) electrons. The number of hydrogen-bond donors (Lipinski definition) is 1. The first-order valence-electron chi connectivity index (χ1n) is 6.76. The smallest absolute Gasteiger partial charge is 0.303 e. The van der Waals surface area contributed by atoms with Gasteiger partial charge in [0.2, 0.25) is 0 Å². The molecule has 0 aliphatic rings. The number of nitrogens with zero attached hydrogens (tertiary/aromatic N) is 1. The molecular formula is C17H12BrF2NO2. The lowest BCUT2D eigenvalue weighted by Gasteiger charge is -2.17. The summed E-state index contributed by atoms with van der Waals surface area (Å²) < 4.78 is 27.8. The molecule has 0 saturated carbocycles.